The summed E-state index contributed by atoms with van der Waals surface area (Å²) in [7, 11) is 0. The van der Waals surface area contributed by atoms with E-state index in [2.05, 4.69) is 22.6 Å². The van der Waals surface area contributed by atoms with E-state index >= 15 is 0 Å². The molecule has 0 atom stereocenters. The molecule has 0 fully saturated rings. The highest BCUT2D eigenvalue weighted by Gasteiger charge is 2.13. The zero-order valence-electron chi connectivity index (χ0n) is 8.58. The monoisotopic (exact) mass is 347 g/mol. The lowest BCUT2D eigenvalue weighted by Gasteiger charge is -2.09. The first-order valence-electron chi connectivity index (χ1n) is 4.75. The third-order valence-corrected chi connectivity index (χ3v) is 2.83. The quantitative estimate of drug-likeness (QED) is 0.660. The van der Waals surface area contributed by atoms with Crippen LogP contribution in [0.2, 0.25) is 0 Å². The lowest BCUT2D eigenvalue weighted by molar-refractivity contribution is 0.418. The molecule has 0 heterocycles. The molecule has 0 aliphatic heterocycles. The van der Waals surface area contributed by atoms with E-state index < -0.39 is 11.6 Å². The van der Waals surface area contributed by atoms with E-state index in [-0.39, 0.29) is 11.4 Å². The molecule has 88 valence electrons. The van der Waals surface area contributed by atoms with E-state index in [0.29, 0.717) is 5.75 Å². The number of nitrogen functional groups attached to an aromatic ring is 1. The number of anilines is 1. The highest BCUT2D eigenvalue weighted by molar-refractivity contribution is 14.1. The maximum Gasteiger partial charge on any atom is 0.203 e. The molecule has 2 nitrogen and oxygen atoms in total. The molecule has 2 aromatic rings. The summed E-state index contributed by atoms with van der Waals surface area (Å²) in [5, 5.41) is 0. The molecule has 0 bridgehead atoms. The van der Waals surface area contributed by atoms with E-state index in [1.165, 1.54) is 6.07 Å². The normalized spacial score (nSPS) is 10.3. The Kier molecular flexibility index (Phi) is 3.46. The second-order valence-electron chi connectivity index (χ2n) is 3.34. The molecule has 0 amide bonds. The van der Waals surface area contributed by atoms with Gasteiger partial charge in [-0.3, -0.25) is 0 Å². The lowest BCUT2D eigenvalue weighted by atomic mass is 10.2. The summed E-state index contributed by atoms with van der Waals surface area (Å²) in [6.07, 6.45) is 0. The van der Waals surface area contributed by atoms with E-state index in [1.807, 2.05) is 0 Å². The minimum absolute atomic E-state index is 0.0578. The second-order valence-corrected chi connectivity index (χ2v) is 4.58. The van der Waals surface area contributed by atoms with Crippen LogP contribution in [0.5, 0.6) is 11.5 Å². The lowest BCUT2D eigenvalue weighted by Crippen LogP contribution is -1.97. The van der Waals surface area contributed by atoms with Gasteiger partial charge in [0.25, 0.3) is 0 Å². The summed E-state index contributed by atoms with van der Waals surface area (Å²) >= 11 is 2.13. The number of rotatable bonds is 2. The second kappa shape index (κ2) is 4.87. The van der Waals surface area contributed by atoms with Gasteiger partial charge in [0.15, 0.2) is 11.6 Å². The summed E-state index contributed by atoms with van der Waals surface area (Å²) < 4.78 is 32.7. The van der Waals surface area contributed by atoms with Gasteiger partial charge >= 0.3 is 0 Å². The van der Waals surface area contributed by atoms with Crippen LogP contribution in [0.4, 0.5) is 14.5 Å². The number of hydrogen-bond acceptors (Lipinski definition) is 2. The molecular formula is C12H8F2INO. The Bertz CT molecular complexity index is 543. The van der Waals surface area contributed by atoms with E-state index in [0.717, 1.165) is 9.64 Å². The molecule has 0 aromatic heterocycles. The van der Waals surface area contributed by atoms with Gasteiger partial charge in [-0.25, -0.2) is 4.39 Å². The van der Waals surface area contributed by atoms with Gasteiger partial charge in [-0.15, -0.1) is 0 Å². The molecule has 0 unspecified atom stereocenters. The van der Waals surface area contributed by atoms with Crippen LogP contribution in [0, 0.1) is 15.2 Å². The van der Waals surface area contributed by atoms with Crippen molar-refractivity contribution >= 4 is 28.3 Å². The summed E-state index contributed by atoms with van der Waals surface area (Å²) in [6.45, 7) is 0. The molecule has 17 heavy (non-hydrogen) atoms. The molecule has 2 aromatic carbocycles. The molecule has 0 aliphatic carbocycles. The van der Waals surface area contributed by atoms with Crippen LogP contribution < -0.4 is 10.5 Å². The van der Waals surface area contributed by atoms with Crippen molar-refractivity contribution in [1.82, 2.24) is 0 Å². The average molecular weight is 347 g/mol. The third-order valence-electron chi connectivity index (χ3n) is 2.11. The minimum atomic E-state index is -1.08. The predicted molar refractivity (Wildman–Crippen MR) is 70.0 cm³/mol. The minimum Gasteiger partial charge on any atom is -0.452 e. The average Bonchev–Trinajstić information content (AvgIpc) is 2.32. The fourth-order valence-corrected chi connectivity index (χ4v) is 1.63. The van der Waals surface area contributed by atoms with Crippen LogP contribution in [0.25, 0.3) is 0 Å². The first-order chi connectivity index (χ1) is 8.08. The van der Waals surface area contributed by atoms with Crippen molar-refractivity contribution < 1.29 is 13.5 Å². The predicted octanol–water partition coefficient (Wildman–Crippen LogP) is 3.94. The number of nitrogens with two attached hydrogens (primary N) is 1. The Balaban J connectivity index is 2.36. The van der Waals surface area contributed by atoms with Crippen molar-refractivity contribution in [3.8, 4) is 11.5 Å². The molecule has 2 N–H and O–H groups in total. The fraction of sp³-hybridized carbons (Fsp3) is 0. The van der Waals surface area contributed by atoms with E-state index in [4.69, 9.17) is 10.5 Å². The largest absolute Gasteiger partial charge is 0.452 e. The van der Waals surface area contributed by atoms with E-state index in [1.54, 1.807) is 24.3 Å². The Morgan fingerprint density at radius 1 is 1.00 bits per heavy atom. The van der Waals surface area contributed by atoms with Gasteiger partial charge in [-0.2, -0.15) is 4.39 Å². The number of ether oxygens (including phenoxy) is 1. The molecular weight excluding hydrogens is 339 g/mol. The maximum atomic E-state index is 13.4. The van der Waals surface area contributed by atoms with Gasteiger partial charge in [0.05, 0.1) is 5.69 Å². The molecule has 0 saturated carbocycles. The topological polar surface area (TPSA) is 35.2 Å². The van der Waals surface area contributed by atoms with Gasteiger partial charge in [-0.1, -0.05) is 0 Å². The van der Waals surface area contributed by atoms with Crippen molar-refractivity contribution in [2.45, 2.75) is 0 Å². The molecule has 0 saturated heterocycles. The van der Waals surface area contributed by atoms with Crippen molar-refractivity contribution in [2.75, 3.05) is 5.73 Å². The van der Waals surface area contributed by atoms with Crippen LogP contribution in [-0.2, 0) is 0 Å². The van der Waals surface area contributed by atoms with Crippen LogP contribution >= 0.6 is 22.6 Å². The maximum absolute atomic E-state index is 13.4. The highest BCUT2D eigenvalue weighted by atomic mass is 127. The van der Waals surface area contributed by atoms with Crippen LogP contribution in [0.15, 0.2) is 36.4 Å². The molecule has 0 spiro atoms. The Morgan fingerprint density at radius 3 is 2.29 bits per heavy atom. The zero-order valence-corrected chi connectivity index (χ0v) is 10.7. The standard InChI is InChI=1S/C12H8F2INO/c13-9-5-6-10(16)12(11(9)14)17-8-3-1-7(15)2-4-8/h1-6H,16H2. The van der Waals surface area contributed by atoms with Crippen LogP contribution in [-0.4, -0.2) is 0 Å². The van der Waals surface area contributed by atoms with Crippen molar-refractivity contribution in [3.63, 3.8) is 0 Å². The van der Waals surface area contributed by atoms with Crippen molar-refractivity contribution in [1.29, 1.82) is 0 Å². The summed E-state index contributed by atoms with van der Waals surface area (Å²) in [6, 6.07) is 9.13. The molecule has 0 aliphatic rings. The van der Waals surface area contributed by atoms with Gasteiger partial charge in [0, 0.05) is 3.57 Å². The number of hydrogen-bond donors (Lipinski definition) is 1. The summed E-state index contributed by atoms with van der Waals surface area (Å²) in [5.41, 5.74) is 5.59. The molecule has 5 heteroatoms. The fourth-order valence-electron chi connectivity index (χ4n) is 1.27. The molecule has 2 rings (SSSR count). The van der Waals surface area contributed by atoms with Gasteiger partial charge in [-0.05, 0) is 59.0 Å². The van der Waals surface area contributed by atoms with Crippen molar-refractivity contribution in [3.05, 3.63) is 51.6 Å². The van der Waals surface area contributed by atoms with Crippen LogP contribution in [0.3, 0.4) is 0 Å². The van der Waals surface area contributed by atoms with Crippen molar-refractivity contribution in [2.24, 2.45) is 0 Å². The number of halogens is 3. The molecule has 0 radical (unpaired) electrons. The first-order valence-corrected chi connectivity index (χ1v) is 5.82. The Labute approximate surface area is 111 Å². The Morgan fingerprint density at radius 2 is 1.65 bits per heavy atom. The smallest absolute Gasteiger partial charge is 0.203 e. The van der Waals surface area contributed by atoms with Gasteiger partial charge in [0.1, 0.15) is 5.75 Å². The number of benzene rings is 2. The Hall–Kier alpha value is -1.37. The third kappa shape index (κ3) is 2.66. The van der Waals surface area contributed by atoms with Crippen LogP contribution in [0.1, 0.15) is 0 Å². The summed E-state index contributed by atoms with van der Waals surface area (Å²) in [5.74, 6) is -1.95. The first kappa shape index (κ1) is 12.1. The SMILES string of the molecule is Nc1ccc(F)c(F)c1Oc1ccc(I)cc1. The zero-order chi connectivity index (χ0) is 12.4. The van der Waals surface area contributed by atoms with E-state index in [9.17, 15) is 8.78 Å². The highest BCUT2D eigenvalue weighted by Crippen LogP contribution is 2.31. The van der Waals surface area contributed by atoms with Gasteiger partial charge in [0.2, 0.25) is 5.82 Å². The summed E-state index contributed by atoms with van der Waals surface area (Å²) in [4.78, 5) is 0. The van der Waals surface area contributed by atoms with Gasteiger partial charge < -0.3 is 10.5 Å².